The third kappa shape index (κ3) is 3.36. The van der Waals surface area contributed by atoms with E-state index in [1.165, 1.54) is 25.3 Å². The van der Waals surface area contributed by atoms with Crippen LogP contribution in [0.25, 0.3) is 0 Å². The molecule has 0 amide bonds. The summed E-state index contributed by atoms with van der Waals surface area (Å²) in [6.45, 7) is 0. The molecule has 18 heavy (non-hydrogen) atoms. The summed E-state index contributed by atoms with van der Waals surface area (Å²) in [7, 11) is 1.21. The van der Waals surface area contributed by atoms with Gasteiger partial charge >= 0.3 is 5.97 Å². The van der Waals surface area contributed by atoms with Gasteiger partial charge in [-0.05, 0) is 6.07 Å². The van der Waals surface area contributed by atoms with Gasteiger partial charge in [0, 0.05) is 11.8 Å². The fourth-order valence-corrected chi connectivity index (χ4v) is 2.06. The number of nitro groups is 1. The molecule has 0 spiro atoms. The fourth-order valence-electron chi connectivity index (χ4n) is 1.38. The number of thiol groups is 1. The standard InChI is InChI=1S/C10H13N3O4S/c1-17-9(14)6-3-2-4-8(13(15)16)7(6)5-18-10(11)12/h2-4,18H,5,11-12H2,1H3. The number of nitro benzene ring substituents is 1. The number of nitrogens with zero attached hydrogens (tertiary/aromatic N) is 1. The third-order valence-corrected chi connectivity index (χ3v) is 3.01. The Kier molecular flexibility index (Phi) is 4.95. The Hall–Kier alpha value is -1.77. The average Bonchev–Trinajstić information content (AvgIpc) is 2.34. The van der Waals surface area contributed by atoms with Crippen LogP contribution in [0.2, 0.25) is 0 Å². The van der Waals surface area contributed by atoms with E-state index in [2.05, 4.69) is 4.74 Å². The Bertz CT molecular complexity index is 512. The molecular weight excluding hydrogens is 258 g/mol. The Morgan fingerprint density at radius 1 is 1.50 bits per heavy atom. The van der Waals surface area contributed by atoms with Crippen molar-refractivity contribution in [1.29, 1.82) is 0 Å². The number of methoxy groups -OCH3 is 1. The van der Waals surface area contributed by atoms with Crippen molar-refractivity contribution in [3.8, 4) is 0 Å². The van der Waals surface area contributed by atoms with Gasteiger partial charge in [0.1, 0.15) is 0 Å². The summed E-state index contributed by atoms with van der Waals surface area (Å²) >= 11 is 0.512. The molecular formula is C10H13N3O4S. The van der Waals surface area contributed by atoms with E-state index in [1.54, 1.807) is 0 Å². The van der Waals surface area contributed by atoms with Crippen molar-refractivity contribution in [2.24, 2.45) is 11.5 Å². The number of benzene rings is 1. The van der Waals surface area contributed by atoms with E-state index < -0.39 is 10.9 Å². The number of hydrogen-bond donors (Lipinski definition) is 3. The largest absolute Gasteiger partial charge is 0.465 e. The highest BCUT2D eigenvalue weighted by atomic mass is 32.1. The molecule has 0 fully saturated rings. The smallest absolute Gasteiger partial charge is 0.338 e. The summed E-state index contributed by atoms with van der Waals surface area (Å²) in [6.07, 6.45) is 0. The number of hydrogen-bond acceptors (Lipinski definition) is 4. The topological polar surface area (TPSA) is 121 Å². The Labute approximate surface area is 107 Å². The quantitative estimate of drug-likeness (QED) is 0.239. The lowest BCUT2D eigenvalue weighted by atomic mass is 10.1. The molecule has 1 aromatic carbocycles. The summed E-state index contributed by atoms with van der Waals surface area (Å²) in [5.41, 5.74) is 10.9. The van der Waals surface area contributed by atoms with Crippen LogP contribution in [0, 0.1) is 10.1 Å². The maximum atomic E-state index is 11.5. The van der Waals surface area contributed by atoms with E-state index in [0.29, 0.717) is 11.4 Å². The Morgan fingerprint density at radius 2 is 2.17 bits per heavy atom. The summed E-state index contributed by atoms with van der Waals surface area (Å²) in [5, 5.41) is 11.0. The molecule has 0 aromatic heterocycles. The van der Waals surface area contributed by atoms with E-state index in [1.807, 2.05) is 0 Å². The number of ether oxygens (including phenoxy) is 1. The maximum Gasteiger partial charge on any atom is 0.338 e. The Balaban J connectivity index is 3.34. The molecule has 4 N–H and O–H groups in total. The lowest BCUT2D eigenvalue weighted by Gasteiger charge is -2.06. The highest BCUT2D eigenvalue weighted by Gasteiger charge is 2.20. The minimum absolute atomic E-state index is 0.129. The summed E-state index contributed by atoms with van der Waals surface area (Å²) < 4.78 is 4.58. The fraction of sp³-hybridized carbons (Fsp3) is 0.200. The molecule has 0 unspecified atom stereocenters. The van der Waals surface area contributed by atoms with Gasteiger partial charge < -0.3 is 4.74 Å². The first-order valence-electron chi connectivity index (χ1n) is 4.87. The van der Waals surface area contributed by atoms with Gasteiger partial charge in [0.15, 0.2) is 0 Å². The predicted molar refractivity (Wildman–Crippen MR) is 70.5 cm³/mol. The van der Waals surface area contributed by atoms with Crippen LogP contribution >= 0.6 is 11.4 Å². The van der Waals surface area contributed by atoms with Gasteiger partial charge in [-0.1, -0.05) is 6.07 Å². The lowest BCUT2D eigenvalue weighted by molar-refractivity contribution is -0.385. The van der Waals surface area contributed by atoms with Crippen molar-refractivity contribution in [1.82, 2.24) is 0 Å². The molecule has 8 heteroatoms. The van der Waals surface area contributed by atoms with Crippen LogP contribution in [0.3, 0.4) is 0 Å². The van der Waals surface area contributed by atoms with Crippen LogP contribution in [0.4, 0.5) is 5.69 Å². The van der Waals surface area contributed by atoms with Crippen LogP contribution in [-0.4, -0.2) is 23.1 Å². The minimum Gasteiger partial charge on any atom is -0.465 e. The SMILES string of the molecule is COC(=O)c1cccc([N+](=O)[O-])c1C[SH]=C(N)N. The van der Waals surface area contributed by atoms with Gasteiger partial charge in [-0.3, -0.25) is 21.6 Å². The van der Waals surface area contributed by atoms with Crippen molar-refractivity contribution in [2.45, 2.75) is 5.75 Å². The molecule has 1 rings (SSSR count). The van der Waals surface area contributed by atoms with Gasteiger partial charge in [0.05, 0.1) is 28.3 Å². The molecule has 0 atom stereocenters. The second-order valence-electron chi connectivity index (χ2n) is 3.29. The first kappa shape index (κ1) is 14.3. The molecule has 0 bridgehead atoms. The molecule has 98 valence electrons. The highest BCUT2D eigenvalue weighted by molar-refractivity contribution is 7.97. The summed E-state index contributed by atoms with van der Waals surface area (Å²) in [5.74, 6) is -0.441. The van der Waals surface area contributed by atoms with Crippen LogP contribution < -0.4 is 11.5 Å². The zero-order chi connectivity index (χ0) is 13.7. The van der Waals surface area contributed by atoms with Gasteiger partial charge in [-0.2, -0.15) is 11.4 Å². The second-order valence-corrected chi connectivity index (χ2v) is 4.44. The van der Waals surface area contributed by atoms with E-state index in [9.17, 15) is 14.9 Å². The molecule has 0 aliphatic carbocycles. The molecule has 7 nitrogen and oxygen atoms in total. The molecule has 1 aromatic rings. The monoisotopic (exact) mass is 271 g/mol. The van der Waals surface area contributed by atoms with Crippen LogP contribution in [0.5, 0.6) is 0 Å². The number of rotatable bonds is 4. The van der Waals surface area contributed by atoms with Crippen molar-refractivity contribution in [2.75, 3.05) is 7.11 Å². The third-order valence-electron chi connectivity index (χ3n) is 2.17. The number of carbonyl (C=O) groups excluding carboxylic acids is 1. The zero-order valence-electron chi connectivity index (χ0n) is 9.62. The zero-order valence-corrected chi connectivity index (χ0v) is 10.5. The van der Waals surface area contributed by atoms with Gasteiger partial charge in [-0.15, -0.1) is 0 Å². The number of esters is 1. The normalized spacial score (nSPS) is 9.94. The maximum absolute atomic E-state index is 11.5. The molecule has 0 heterocycles. The first-order valence-corrected chi connectivity index (χ1v) is 5.95. The van der Waals surface area contributed by atoms with Gasteiger partial charge in [0.2, 0.25) is 0 Å². The average molecular weight is 271 g/mol. The highest BCUT2D eigenvalue weighted by Crippen LogP contribution is 2.25. The molecule has 0 aliphatic rings. The lowest BCUT2D eigenvalue weighted by Crippen LogP contribution is -2.20. The number of nitrogens with two attached hydrogens (primary N) is 2. The summed E-state index contributed by atoms with van der Waals surface area (Å²) in [4.78, 5) is 21.9. The van der Waals surface area contributed by atoms with Crippen molar-refractivity contribution in [3.05, 3.63) is 39.4 Å². The predicted octanol–water partition coefficient (Wildman–Crippen LogP) is 0.352. The van der Waals surface area contributed by atoms with Crippen LogP contribution in [-0.2, 0) is 10.5 Å². The molecule has 0 saturated heterocycles. The van der Waals surface area contributed by atoms with E-state index in [0.717, 1.165) is 0 Å². The molecule has 0 aliphatic heterocycles. The first-order chi connectivity index (χ1) is 8.47. The summed E-state index contributed by atoms with van der Waals surface area (Å²) in [6, 6.07) is 4.22. The van der Waals surface area contributed by atoms with E-state index in [4.69, 9.17) is 11.5 Å². The van der Waals surface area contributed by atoms with Gasteiger partial charge in [-0.25, -0.2) is 4.79 Å². The van der Waals surface area contributed by atoms with E-state index >= 15 is 0 Å². The van der Waals surface area contributed by atoms with Crippen molar-refractivity contribution in [3.63, 3.8) is 0 Å². The Morgan fingerprint density at radius 3 is 2.67 bits per heavy atom. The molecule has 0 saturated carbocycles. The van der Waals surface area contributed by atoms with Crippen molar-refractivity contribution < 1.29 is 14.5 Å². The van der Waals surface area contributed by atoms with Crippen LogP contribution in [0.1, 0.15) is 15.9 Å². The second kappa shape index (κ2) is 6.24. The molecule has 0 radical (unpaired) electrons. The number of carbonyl (C=O) groups is 1. The minimum atomic E-state index is -0.625. The van der Waals surface area contributed by atoms with Crippen molar-refractivity contribution >= 4 is 28.1 Å². The van der Waals surface area contributed by atoms with Crippen LogP contribution in [0.15, 0.2) is 18.2 Å². The van der Waals surface area contributed by atoms with E-state index in [-0.39, 0.29) is 27.7 Å². The van der Waals surface area contributed by atoms with Gasteiger partial charge in [0.25, 0.3) is 5.69 Å².